The monoisotopic (exact) mass is 466 g/mol. The van der Waals surface area contributed by atoms with E-state index >= 15 is 0 Å². The average molecular weight is 467 g/mol. The molecule has 4 nitrogen and oxygen atoms in total. The lowest BCUT2D eigenvalue weighted by molar-refractivity contribution is 0.473. The van der Waals surface area contributed by atoms with Gasteiger partial charge in [0.25, 0.3) is 10.0 Å². The van der Waals surface area contributed by atoms with Crippen molar-refractivity contribution in [2.45, 2.75) is 11.8 Å². The lowest BCUT2D eigenvalue weighted by atomic mass is 10.0. The Morgan fingerprint density at radius 3 is 2.24 bits per heavy atom. The van der Waals surface area contributed by atoms with Crippen molar-refractivity contribution in [3.63, 3.8) is 0 Å². The number of nitrogens with zero attached hydrogens (tertiary/aromatic N) is 2. The Hall–Kier alpha value is -2.70. The Balaban J connectivity index is 1.78. The maximum atomic E-state index is 13.2. The van der Waals surface area contributed by atoms with Crippen LogP contribution >= 0.6 is 15.9 Å². The second kappa shape index (κ2) is 7.97. The average Bonchev–Trinajstić information content (AvgIpc) is 3.14. The first-order valence-corrected chi connectivity index (χ1v) is 11.4. The van der Waals surface area contributed by atoms with Crippen LogP contribution < -0.4 is 0 Å². The molecule has 3 aromatic rings. The van der Waals surface area contributed by atoms with E-state index in [0.29, 0.717) is 5.71 Å². The number of rotatable bonds is 4. The smallest absolute Gasteiger partial charge is 0.200 e. The van der Waals surface area contributed by atoms with E-state index in [2.05, 4.69) is 21.0 Å². The second-order valence-corrected chi connectivity index (χ2v) is 9.59. The molecule has 0 aliphatic carbocycles. The summed E-state index contributed by atoms with van der Waals surface area (Å²) in [6.45, 7) is 2.12. The molecule has 0 atom stereocenters. The highest BCUT2D eigenvalue weighted by atomic mass is 79.9. The van der Waals surface area contributed by atoms with Crippen LogP contribution in [-0.4, -0.2) is 25.1 Å². The van der Waals surface area contributed by atoms with Gasteiger partial charge in [-0.15, -0.1) is 0 Å². The fourth-order valence-electron chi connectivity index (χ4n) is 3.12. The zero-order chi connectivity index (χ0) is 20.4. The third kappa shape index (κ3) is 4.18. The molecule has 0 amide bonds. The quantitative estimate of drug-likeness (QED) is 0.526. The second-order valence-electron chi connectivity index (χ2n) is 6.83. The Morgan fingerprint density at radius 1 is 0.931 bits per heavy atom. The summed E-state index contributed by atoms with van der Waals surface area (Å²) in [4.78, 5) is 0.239. The van der Waals surface area contributed by atoms with E-state index in [0.717, 1.165) is 26.7 Å². The van der Waals surface area contributed by atoms with Crippen LogP contribution in [0.5, 0.6) is 0 Å². The highest BCUT2D eigenvalue weighted by Crippen LogP contribution is 2.27. The van der Waals surface area contributed by atoms with E-state index in [4.69, 9.17) is 0 Å². The Kier molecular flexibility index (Phi) is 5.39. The SMILES string of the molecule is Cc1ccc(S(=O)(=O)N2C/C(=C\c3ccccc3)C(c3ccc(Br)cc3)=N2)cc1. The van der Waals surface area contributed by atoms with Gasteiger partial charge in [-0.2, -0.15) is 17.9 Å². The zero-order valence-corrected chi connectivity index (χ0v) is 18.2. The van der Waals surface area contributed by atoms with Gasteiger partial charge in [0.15, 0.2) is 0 Å². The van der Waals surface area contributed by atoms with E-state index in [1.54, 1.807) is 24.3 Å². The molecule has 0 unspecified atom stereocenters. The first-order chi connectivity index (χ1) is 13.9. The molecule has 0 saturated carbocycles. The molecular formula is C23H19BrN2O2S. The standard InChI is InChI=1S/C23H19BrN2O2S/c1-17-7-13-22(14-8-17)29(27,28)26-16-20(15-18-5-3-2-4-6-18)23(25-26)19-9-11-21(24)12-10-19/h2-15H,16H2,1H3/b20-15+. The molecule has 0 fully saturated rings. The fourth-order valence-corrected chi connectivity index (χ4v) is 4.60. The summed E-state index contributed by atoms with van der Waals surface area (Å²) < 4.78 is 28.5. The number of hydrogen-bond donors (Lipinski definition) is 0. The molecule has 3 aromatic carbocycles. The largest absolute Gasteiger partial charge is 0.279 e. The van der Waals surface area contributed by atoms with Crippen LogP contribution in [0.2, 0.25) is 0 Å². The molecule has 0 saturated heterocycles. The number of halogens is 1. The number of hydrazone groups is 1. The Bertz CT molecular complexity index is 1180. The summed E-state index contributed by atoms with van der Waals surface area (Å²) in [5, 5.41) is 4.51. The summed E-state index contributed by atoms with van der Waals surface area (Å²) in [6, 6.07) is 24.4. The van der Waals surface area contributed by atoms with Crippen LogP contribution in [0.4, 0.5) is 0 Å². The summed E-state index contributed by atoms with van der Waals surface area (Å²) >= 11 is 3.44. The van der Waals surface area contributed by atoms with E-state index in [1.165, 1.54) is 4.41 Å². The first kappa shape index (κ1) is 19.6. The lowest BCUT2D eigenvalue weighted by Crippen LogP contribution is -2.24. The van der Waals surface area contributed by atoms with Crippen molar-refractivity contribution in [1.82, 2.24) is 4.41 Å². The predicted octanol–water partition coefficient (Wildman–Crippen LogP) is 5.25. The van der Waals surface area contributed by atoms with Crippen molar-refractivity contribution in [1.29, 1.82) is 0 Å². The molecule has 1 aliphatic heterocycles. The van der Waals surface area contributed by atoms with Crippen molar-refractivity contribution in [2.24, 2.45) is 5.10 Å². The van der Waals surface area contributed by atoms with Gasteiger partial charge in [-0.05, 0) is 42.8 Å². The molecular weight excluding hydrogens is 448 g/mol. The molecule has 0 aromatic heterocycles. The van der Waals surface area contributed by atoms with E-state index in [1.807, 2.05) is 67.6 Å². The van der Waals surface area contributed by atoms with Crippen molar-refractivity contribution in [3.05, 3.63) is 106 Å². The number of benzene rings is 3. The van der Waals surface area contributed by atoms with Gasteiger partial charge >= 0.3 is 0 Å². The molecule has 0 N–H and O–H groups in total. The topological polar surface area (TPSA) is 49.7 Å². The van der Waals surface area contributed by atoms with Crippen molar-refractivity contribution in [3.8, 4) is 0 Å². The maximum absolute atomic E-state index is 13.2. The Morgan fingerprint density at radius 2 is 1.59 bits per heavy atom. The normalized spacial score (nSPS) is 15.6. The number of sulfonamides is 1. The fraction of sp³-hybridized carbons (Fsp3) is 0.0870. The number of aryl methyl sites for hydroxylation is 1. The number of hydrogen-bond acceptors (Lipinski definition) is 3. The molecule has 0 radical (unpaired) electrons. The molecule has 29 heavy (non-hydrogen) atoms. The minimum atomic E-state index is -3.73. The lowest BCUT2D eigenvalue weighted by Gasteiger charge is -2.14. The van der Waals surface area contributed by atoms with Gasteiger partial charge in [0.1, 0.15) is 0 Å². The van der Waals surface area contributed by atoms with Gasteiger partial charge in [0, 0.05) is 15.6 Å². The van der Waals surface area contributed by atoms with Crippen LogP contribution in [0.25, 0.3) is 6.08 Å². The third-order valence-electron chi connectivity index (χ3n) is 4.68. The van der Waals surface area contributed by atoms with Gasteiger partial charge in [-0.1, -0.05) is 76.1 Å². The highest BCUT2D eigenvalue weighted by Gasteiger charge is 2.31. The molecule has 1 heterocycles. The first-order valence-electron chi connectivity index (χ1n) is 9.13. The highest BCUT2D eigenvalue weighted by molar-refractivity contribution is 9.10. The molecule has 6 heteroatoms. The minimum absolute atomic E-state index is 0.191. The van der Waals surface area contributed by atoms with E-state index in [9.17, 15) is 8.42 Å². The van der Waals surface area contributed by atoms with Crippen LogP contribution in [0.15, 0.2) is 98.9 Å². The van der Waals surface area contributed by atoms with Crippen molar-refractivity contribution >= 4 is 37.7 Å². The zero-order valence-electron chi connectivity index (χ0n) is 15.8. The van der Waals surface area contributed by atoms with Crippen LogP contribution in [0.1, 0.15) is 16.7 Å². The van der Waals surface area contributed by atoms with E-state index in [-0.39, 0.29) is 11.4 Å². The van der Waals surface area contributed by atoms with Gasteiger partial charge in [-0.3, -0.25) is 0 Å². The summed E-state index contributed by atoms with van der Waals surface area (Å²) in [6.07, 6.45) is 1.99. The molecule has 146 valence electrons. The van der Waals surface area contributed by atoms with Crippen molar-refractivity contribution in [2.75, 3.05) is 6.54 Å². The van der Waals surface area contributed by atoms with Crippen molar-refractivity contribution < 1.29 is 8.42 Å². The van der Waals surface area contributed by atoms with Gasteiger partial charge in [0.2, 0.25) is 0 Å². The van der Waals surface area contributed by atoms with Crippen LogP contribution in [-0.2, 0) is 10.0 Å². The summed E-state index contributed by atoms with van der Waals surface area (Å²) in [5.74, 6) is 0. The predicted molar refractivity (Wildman–Crippen MR) is 120 cm³/mol. The van der Waals surface area contributed by atoms with Crippen LogP contribution in [0, 0.1) is 6.92 Å². The molecule has 0 spiro atoms. The van der Waals surface area contributed by atoms with E-state index < -0.39 is 10.0 Å². The molecule has 1 aliphatic rings. The molecule has 0 bridgehead atoms. The van der Waals surface area contributed by atoms with Crippen LogP contribution in [0.3, 0.4) is 0 Å². The maximum Gasteiger partial charge on any atom is 0.279 e. The Labute approximate surface area is 179 Å². The summed E-state index contributed by atoms with van der Waals surface area (Å²) in [5.41, 5.74) is 4.40. The molecule has 4 rings (SSSR count). The third-order valence-corrected chi connectivity index (χ3v) is 6.84. The van der Waals surface area contributed by atoms with Gasteiger partial charge in [0.05, 0.1) is 17.2 Å². The van der Waals surface area contributed by atoms with Gasteiger partial charge < -0.3 is 0 Å². The van der Waals surface area contributed by atoms with Gasteiger partial charge in [-0.25, -0.2) is 0 Å². The summed E-state index contributed by atoms with van der Waals surface area (Å²) in [7, 11) is -3.73. The minimum Gasteiger partial charge on any atom is -0.200 e.